The van der Waals surface area contributed by atoms with Crippen molar-refractivity contribution in [1.29, 1.82) is 0 Å². The number of carbonyl (C=O) groups excluding carboxylic acids is 1. The summed E-state index contributed by atoms with van der Waals surface area (Å²) < 4.78 is 13.6. The third kappa shape index (κ3) is 5.76. The van der Waals surface area contributed by atoms with Crippen LogP contribution in [0.2, 0.25) is 0 Å². The van der Waals surface area contributed by atoms with Gasteiger partial charge in [-0.25, -0.2) is 4.39 Å². The zero-order valence-corrected chi connectivity index (χ0v) is 20.1. The second kappa shape index (κ2) is 10.8. The minimum Gasteiger partial charge on any atom is -0.481 e. The number of carboxylic acid groups (broad SMARTS) is 1. The van der Waals surface area contributed by atoms with Gasteiger partial charge < -0.3 is 10.4 Å². The van der Waals surface area contributed by atoms with E-state index >= 15 is 0 Å². The third-order valence-electron chi connectivity index (χ3n) is 7.11. The van der Waals surface area contributed by atoms with Gasteiger partial charge in [0.25, 0.3) is 0 Å². The van der Waals surface area contributed by atoms with Gasteiger partial charge in [0.1, 0.15) is 5.82 Å². The van der Waals surface area contributed by atoms with Crippen molar-refractivity contribution < 1.29 is 19.1 Å². The van der Waals surface area contributed by atoms with Crippen molar-refractivity contribution in [2.75, 3.05) is 5.32 Å². The average Bonchev–Trinajstić information content (AvgIpc) is 3.35. The Balaban J connectivity index is 1.60. The molecule has 6 heteroatoms. The standard InChI is InChI=1S/C29H31FN2O3/c1-18(14-27(33)34)25-8-5-9-26(19(25)2)32-29(35)28(21-6-3-4-7-21)22-12-10-20(11-13-22)23-15-24(30)17-31-16-23/h5,8-13,15-18,21,28H,3-4,6-7,14H2,1-2H3,(H,32,35)(H,33,34). The highest BCUT2D eigenvalue weighted by Gasteiger charge is 2.32. The smallest absolute Gasteiger partial charge is 0.303 e. The molecule has 4 rings (SSSR count). The molecule has 0 aliphatic heterocycles. The van der Waals surface area contributed by atoms with Crippen molar-refractivity contribution in [2.45, 2.75) is 57.8 Å². The number of pyridine rings is 1. The lowest BCUT2D eigenvalue weighted by molar-refractivity contribution is -0.137. The predicted octanol–water partition coefficient (Wildman–Crippen LogP) is 6.69. The summed E-state index contributed by atoms with van der Waals surface area (Å²) in [6.07, 6.45) is 7.07. The van der Waals surface area contributed by atoms with Gasteiger partial charge in [-0.15, -0.1) is 0 Å². The number of aromatic nitrogens is 1. The monoisotopic (exact) mass is 474 g/mol. The van der Waals surface area contributed by atoms with E-state index in [1.54, 1.807) is 6.20 Å². The molecule has 0 saturated heterocycles. The number of halogens is 1. The van der Waals surface area contributed by atoms with E-state index in [0.29, 0.717) is 5.56 Å². The lowest BCUT2D eigenvalue weighted by Crippen LogP contribution is -2.27. The van der Waals surface area contributed by atoms with E-state index < -0.39 is 5.97 Å². The van der Waals surface area contributed by atoms with Crippen LogP contribution in [0, 0.1) is 18.7 Å². The first-order chi connectivity index (χ1) is 16.8. The third-order valence-corrected chi connectivity index (χ3v) is 7.11. The van der Waals surface area contributed by atoms with Crippen LogP contribution < -0.4 is 5.32 Å². The van der Waals surface area contributed by atoms with Crippen LogP contribution in [-0.4, -0.2) is 22.0 Å². The molecule has 35 heavy (non-hydrogen) atoms. The molecule has 0 radical (unpaired) electrons. The Labute approximate surface area is 205 Å². The van der Waals surface area contributed by atoms with Crippen molar-refractivity contribution in [3.05, 3.63) is 83.4 Å². The molecule has 1 saturated carbocycles. The Morgan fingerprint density at radius 3 is 2.46 bits per heavy atom. The maximum Gasteiger partial charge on any atom is 0.303 e. The highest BCUT2D eigenvalue weighted by atomic mass is 19.1. The van der Waals surface area contributed by atoms with E-state index in [-0.39, 0.29) is 35.9 Å². The van der Waals surface area contributed by atoms with Crippen LogP contribution in [0.25, 0.3) is 11.1 Å². The number of nitrogens with one attached hydrogen (secondary N) is 1. The molecular formula is C29H31FN2O3. The first-order valence-electron chi connectivity index (χ1n) is 12.2. The first-order valence-corrected chi connectivity index (χ1v) is 12.2. The molecule has 1 aromatic heterocycles. The SMILES string of the molecule is Cc1c(NC(=O)C(c2ccc(-c3cncc(F)c3)cc2)C2CCCC2)cccc1C(C)CC(=O)O. The van der Waals surface area contributed by atoms with Gasteiger partial charge in [-0.05, 0) is 66.0 Å². The Hall–Kier alpha value is -3.54. The Bertz CT molecular complexity index is 1200. The molecule has 3 aromatic rings. The fraction of sp³-hybridized carbons (Fsp3) is 0.345. The summed E-state index contributed by atoms with van der Waals surface area (Å²) in [6.45, 7) is 3.81. The van der Waals surface area contributed by atoms with Crippen LogP contribution >= 0.6 is 0 Å². The zero-order chi connectivity index (χ0) is 24.9. The minimum atomic E-state index is -0.842. The average molecular weight is 475 g/mol. The number of carbonyl (C=O) groups is 2. The molecule has 1 aliphatic carbocycles. The number of hydrogen-bond acceptors (Lipinski definition) is 3. The number of nitrogens with zero attached hydrogens (tertiary/aromatic N) is 1. The van der Waals surface area contributed by atoms with E-state index in [1.165, 1.54) is 12.3 Å². The molecule has 1 fully saturated rings. The molecule has 0 bridgehead atoms. The molecule has 2 unspecified atom stereocenters. The summed E-state index contributed by atoms with van der Waals surface area (Å²) in [5.74, 6) is -1.47. The molecule has 1 amide bonds. The van der Waals surface area contributed by atoms with Crippen LogP contribution in [0.15, 0.2) is 60.9 Å². The molecule has 2 aromatic carbocycles. The van der Waals surface area contributed by atoms with Gasteiger partial charge in [0.05, 0.1) is 18.5 Å². The topological polar surface area (TPSA) is 79.3 Å². The summed E-state index contributed by atoms with van der Waals surface area (Å²) in [7, 11) is 0. The van der Waals surface area contributed by atoms with E-state index in [0.717, 1.165) is 53.6 Å². The molecule has 5 nitrogen and oxygen atoms in total. The van der Waals surface area contributed by atoms with Crippen LogP contribution in [0.1, 0.15) is 67.6 Å². The summed E-state index contributed by atoms with van der Waals surface area (Å²) in [5.41, 5.74) is 5.03. The molecule has 1 aliphatic rings. The van der Waals surface area contributed by atoms with Crippen molar-refractivity contribution in [2.24, 2.45) is 5.92 Å². The quantitative estimate of drug-likeness (QED) is 0.381. The van der Waals surface area contributed by atoms with Gasteiger partial charge >= 0.3 is 5.97 Å². The fourth-order valence-corrected chi connectivity index (χ4v) is 5.29. The van der Waals surface area contributed by atoms with E-state index in [9.17, 15) is 19.1 Å². The van der Waals surface area contributed by atoms with Crippen molar-refractivity contribution >= 4 is 17.6 Å². The lowest BCUT2D eigenvalue weighted by Gasteiger charge is -2.25. The highest BCUT2D eigenvalue weighted by Crippen LogP contribution is 2.39. The van der Waals surface area contributed by atoms with Crippen LogP contribution in [-0.2, 0) is 9.59 Å². The van der Waals surface area contributed by atoms with E-state index in [1.807, 2.05) is 56.3 Å². The molecule has 2 atom stereocenters. The highest BCUT2D eigenvalue weighted by molar-refractivity contribution is 5.97. The predicted molar refractivity (Wildman–Crippen MR) is 135 cm³/mol. The Morgan fingerprint density at radius 2 is 1.80 bits per heavy atom. The van der Waals surface area contributed by atoms with Crippen LogP contribution in [0.4, 0.5) is 10.1 Å². The van der Waals surface area contributed by atoms with Crippen molar-refractivity contribution in [3.8, 4) is 11.1 Å². The maximum atomic E-state index is 13.6. The number of amides is 1. The van der Waals surface area contributed by atoms with E-state index in [2.05, 4.69) is 10.3 Å². The number of aliphatic carboxylic acids is 1. The van der Waals surface area contributed by atoms with Crippen LogP contribution in [0.5, 0.6) is 0 Å². The number of hydrogen-bond donors (Lipinski definition) is 2. The second-order valence-corrected chi connectivity index (χ2v) is 9.54. The normalized spacial score (nSPS) is 15.5. The van der Waals surface area contributed by atoms with Gasteiger partial charge in [0.15, 0.2) is 0 Å². The summed E-state index contributed by atoms with van der Waals surface area (Å²) in [6, 6.07) is 14.9. The molecule has 0 spiro atoms. The van der Waals surface area contributed by atoms with Gasteiger partial charge in [-0.1, -0.05) is 56.2 Å². The number of rotatable bonds is 8. The van der Waals surface area contributed by atoms with Crippen LogP contribution in [0.3, 0.4) is 0 Å². The first kappa shape index (κ1) is 24.6. The lowest BCUT2D eigenvalue weighted by atomic mass is 9.83. The minimum absolute atomic E-state index is 0.0378. The second-order valence-electron chi connectivity index (χ2n) is 9.54. The fourth-order valence-electron chi connectivity index (χ4n) is 5.29. The van der Waals surface area contributed by atoms with Crippen molar-refractivity contribution in [1.82, 2.24) is 4.98 Å². The van der Waals surface area contributed by atoms with Gasteiger partial charge in [-0.2, -0.15) is 0 Å². The number of carboxylic acids is 1. The van der Waals surface area contributed by atoms with Gasteiger partial charge in [0, 0.05) is 17.4 Å². The number of benzene rings is 2. The molecule has 2 N–H and O–H groups in total. The Kier molecular flexibility index (Phi) is 7.59. The largest absolute Gasteiger partial charge is 0.481 e. The van der Waals surface area contributed by atoms with Crippen molar-refractivity contribution in [3.63, 3.8) is 0 Å². The molecular weight excluding hydrogens is 443 g/mol. The summed E-state index contributed by atoms with van der Waals surface area (Å²) in [4.78, 5) is 28.8. The van der Waals surface area contributed by atoms with Gasteiger partial charge in [-0.3, -0.25) is 14.6 Å². The zero-order valence-electron chi connectivity index (χ0n) is 20.1. The van der Waals surface area contributed by atoms with E-state index in [4.69, 9.17) is 0 Å². The number of anilines is 1. The summed E-state index contributed by atoms with van der Waals surface area (Å²) >= 11 is 0. The summed E-state index contributed by atoms with van der Waals surface area (Å²) in [5, 5.41) is 12.3. The maximum absolute atomic E-state index is 13.6. The molecule has 1 heterocycles. The molecule has 182 valence electrons. The van der Waals surface area contributed by atoms with Gasteiger partial charge in [0.2, 0.25) is 5.91 Å². The Morgan fingerprint density at radius 1 is 1.09 bits per heavy atom.